The lowest BCUT2D eigenvalue weighted by molar-refractivity contribution is -0.384. The van der Waals surface area contributed by atoms with Crippen molar-refractivity contribution in [3.8, 4) is 17.0 Å². The van der Waals surface area contributed by atoms with Gasteiger partial charge in [-0.25, -0.2) is 4.98 Å². The molecule has 9 heteroatoms. The van der Waals surface area contributed by atoms with Gasteiger partial charge in [-0.05, 0) is 43.3 Å². The van der Waals surface area contributed by atoms with Gasteiger partial charge < -0.3 is 15.8 Å². The van der Waals surface area contributed by atoms with E-state index in [2.05, 4.69) is 10.3 Å². The van der Waals surface area contributed by atoms with Gasteiger partial charge in [0.15, 0.2) is 5.13 Å². The summed E-state index contributed by atoms with van der Waals surface area (Å²) in [6.45, 7) is 2.45. The van der Waals surface area contributed by atoms with Crippen molar-refractivity contribution in [3.63, 3.8) is 0 Å². The number of hydrogen-bond acceptors (Lipinski definition) is 7. The highest BCUT2D eigenvalue weighted by Crippen LogP contribution is 2.31. The zero-order valence-corrected chi connectivity index (χ0v) is 15.2. The summed E-state index contributed by atoms with van der Waals surface area (Å²) in [5.41, 5.74) is 7.30. The Morgan fingerprint density at radius 2 is 1.89 bits per heavy atom. The van der Waals surface area contributed by atoms with E-state index < -0.39 is 4.92 Å². The summed E-state index contributed by atoms with van der Waals surface area (Å²) in [5, 5.41) is 13.8. The fourth-order valence-corrected chi connectivity index (χ4v) is 3.17. The quantitative estimate of drug-likeness (QED) is 0.490. The van der Waals surface area contributed by atoms with Crippen molar-refractivity contribution >= 4 is 33.8 Å². The molecule has 3 N–H and O–H groups in total. The molecule has 2 aromatic carbocycles. The topological polar surface area (TPSA) is 120 Å². The number of carbonyl (C=O) groups is 1. The monoisotopic (exact) mass is 384 g/mol. The number of nitrogen functional groups attached to an aromatic ring is 1. The average Bonchev–Trinajstić information content (AvgIpc) is 3.05. The number of nitrogens with zero attached hydrogens (tertiary/aromatic N) is 2. The third-order valence-electron chi connectivity index (χ3n) is 3.62. The molecule has 0 saturated carbocycles. The Morgan fingerprint density at radius 3 is 2.48 bits per heavy atom. The molecule has 0 fully saturated rings. The molecule has 3 rings (SSSR count). The normalized spacial score (nSPS) is 10.4. The number of thiazole rings is 1. The van der Waals surface area contributed by atoms with E-state index in [1.54, 1.807) is 36.4 Å². The van der Waals surface area contributed by atoms with E-state index in [0.717, 1.165) is 11.3 Å². The first kappa shape index (κ1) is 18.3. The van der Waals surface area contributed by atoms with E-state index in [9.17, 15) is 14.9 Å². The molecule has 0 aliphatic rings. The number of benzene rings is 2. The molecule has 27 heavy (non-hydrogen) atoms. The van der Waals surface area contributed by atoms with E-state index >= 15 is 0 Å². The first-order chi connectivity index (χ1) is 13.0. The van der Waals surface area contributed by atoms with Gasteiger partial charge in [0.1, 0.15) is 10.6 Å². The van der Waals surface area contributed by atoms with Gasteiger partial charge >= 0.3 is 0 Å². The zero-order chi connectivity index (χ0) is 19.4. The smallest absolute Gasteiger partial charge is 0.269 e. The standard InChI is InChI=1S/C18H16N4O4S/c1-2-26-14-9-5-12(6-10-14)20-17(23)16-15(21-18(19)27-16)11-3-7-13(8-4-11)22(24)25/h3-10H,2H2,1H3,(H2,19,21)(H,20,23). The van der Waals surface area contributed by atoms with Gasteiger partial charge in [0.25, 0.3) is 11.6 Å². The van der Waals surface area contributed by atoms with Gasteiger partial charge in [0, 0.05) is 23.4 Å². The van der Waals surface area contributed by atoms with Crippen LogP contribution in [0.15, 0.2) is 48.5 Å². The van der Waals surface area contributed by atoms with Crippen LogP contribution in [0.1, 0.15) is 16.6 Å². The zero-order valence-electron chi connectivity index (χ0n) is 14.3. The number of amides is 1. The van der Waals surface area contributed by atoms with E-state index in [0.29, 0.717) is 34.2 Å². The van der Waals surface area contributed by atoms with Gasteiger partial charge in [0.05, 0.1) is 17.2 Å². The lowest BCUT2D eigenvalue weighted by Gasteiger charge is -2.07. The maximum Gasteiger partial charge on any atom is 0.269 e. The molecule has 3 aromatic rings. The molecule has 1 amide bonds. The van der Waals surface area contributed by atoms with E-state index in [-0.39, 0.29) is 16.7 Å². The van der Waals surface area contributed by atoms with Crippen LogP contribution in [0.5, 0.6) is 5.75 Å². The molecular formula is C18H16N4O4S. The summed E-state index contributed by atoms with van der Waals surface area (Å²) in [6, 6.07) is 12.8. The van der Waals surface area contributed by atoms with Crippen LogP contribution in [0.4, 0.5) is 16.5 Å². The molecular weight excluding hydrogens is 368 g/mol. The lowest BCUT2D eigenvalue weighted by Crippen LogP contribution is -2.11. The average molecular weight is 384 g/mol. The second kappa shape index (κ2) is 7.83. The molecule has 0 saturated heterocycles. The fraction of sp³-hybridized carbons (Fsp3) is 0.111. The number of carbonyl (C=O) groups excluding carboxylic acids is 1. The molecule has 0 atom stereocenters. The molecule has 0 spiro atoms. The van der Waals surface area contributed by atoms with Crippen LogP contribution >= 0.6 is 11.3 Å². The Labute approximate surface area is 158 Å². The summed E-state index contributed by atoms with van der Waals surface area (Å²) in [6.07, 6.45) is 0. The fourth-order valence-electron chi connectivity index (χ4n) is 2.42. The second-order valence-electron chi connectivity index (χ2n) is 5.45. The number of aromatic nitrogens is 1. The first-order valence-electron chi connectivity index (χ1n) is 8.03. The highest BCUT2D eigenvalue weighted by atomic mass is 32.1. The predicted molar refractivity (Wildman–Crippen MR) is 104 cm³/mol. The van der Waals surface area contributed by atoms with Gasteiger partial charge in [-0.1, -0.05) is 11.3 Å². The third kappa shape index (κ3) is 4.21. The van der Waals surface area contributed by atoms with Gasteiger partial charge in [-0.15, -0.1) is 0 Å². The summed E-state index contributed by atoms with van der Waals surface area (Å²) in [7, 11) is 0. The Morgan fingerprint density at radius 1 is 1.22 bits per heavy atom. The molecule has 0 aliphatic heterocycles. The first-order valence-corrected chi connectivity index (χ1v) is 8.85. The molecule has 0 bridgehead atoms. The highest BCUT2D eigenvalue weighted by Gasteiger charge is 2.19. The molecule has 1 aromatic heterocycles. The minimum Gasteiger partial charge on any atom is -0.494 e. The number of anilines is 2. The molecule has 138 valence electrons. The number of hydrogen-bond donors (Lipinski definition) is 2. The molecule has 1 heterocycles. The molecule has 0 radical (unpaired) electrons. The van der Waals surface area contributed by atoms with Crippen molar-refractivity contribution in [3.05, 3.63) is 63.5 Å². The van der Waals surface area contributed by atoms with Crippen molar-refractivity contribution in [1.29, 1.82) is 0 Å². The van der Waals surface area contributed by atoms with Crippen LogP contribution in [0.3, 0.4) is 0 Å². The minimum atomic E-state index is -0.487. The minimum absolute atomic E-state index is 0.0395. The van der Waals surface area contributed by atoms with Gasteiger partial charge in [0.2, 0.25) is 0 Å². The van der Waals surface area contributed by atoms with Crippen LogP contribution in [-0.2, 0) is 0 Å². The Hall–Kier alpha value is -3.46. The number of rotatable bonds is 6. The van der Waals surface area contributed by atoms with E-state index in [1.165, 1.54) is 12.1 Å². The number of nitrogens with two attached hydrogens (primary N) is 1. The highest BCUT2D eigenvalue weighted by molar-refractivity contribution is 7.17. The van der Waals surface area contributed by atoms with Crippen molar-refractivity contribution in [2.75, 3.05) is 17.7 Å². The summed E-state index contributed by atoms with van der Waals surface area (Å²) >= 11 is 1.05. The van der Waals surface area contributed by atoms with Crippen molar-refractivity contribution < 1.29 is 14.5 Å². The van der Waals surface area contributed by atoms with Crippen molar-refractivity contribution in [2.45, 2.75) is 6.92 Å². The molecule has 0 aliphatic carbocycles. The van der Waals surface area contributed by atoms with Crippen molar-refractivity contribution in [2.24, 2.45) is 0 Å². The van der Waals surface area contributed by atoms with Gasteiger partial charge in [-0.2, -0.15) is 0 Å². The number of ether oxygens (including phenoxy) is 1. The van der Waals surface area contributed by atoms with E-state index in [1.807, 2.05) is 6.92 Å². The summed E-state index contributed by atoms with van der Waals surface area (Å²) < 4.78 is 5.37. The number of nitro groups is 1. The number of non-ortho nitro benzene ring substituents is 1. The summed E-state index contributed by atoms with van der Waals surface area (Å²) in [4.78, 5) is 27.5. The van der Waals surface area contributed by atoms with Crippen LogP contribution in [-0.4, -0.2) is 22.4 Å². The van der Waals surface area contributed by atoms with Gasteiger partial charge in [-0.3, -0.25) is 14.9 Å². The van der Waals surface area contributed by atoms with Crippen molar-refractivity contribution in [1.82, 2.24) is 4.98 Å². The molecule has 8 nitrogen and oxygen atoms in total. The Bertz CT molecular complexity index is 968. The van der Waals surface area contributed by atoms with Crippen LogP contribution < -0.4 is 15.8 Å². The molecule has 0 unspecified atom stereocenters. The van der Waals surface area contributed by atoms with E-state index in [4.69, 9.17) is 10.5 Å². The maximum absolute atomic E-state index is 12.7. The predicted octanol–water partition coefficient (Wildman–Crippen LogP) is 3.95. The Balaban J connectivity index is 1.84. The Kier molecular flexibility index (Phi) is 5.32. The second-order valence-corrected chi connectivity index (χ2v) is 6.48. The number of nitro benzene ring substituents is 1. The third-order valence-corrected chi connectivity index (χ3v) is 4.51. The maximum atomic E-state index is 12.7. The lowest BCUT2D eigenvalue weighted by atomic mass is 10.1. The SMILES string of the molecule is CCOc1ccc(NC(=O)c2sc(N)nc2-c2ccc([N+](=O)[O-])cc2)cc1. The summed E-state index contributed by atoms with van der Waals surface area (Å²) in [5.74, 6) is 0.353. The number of nitrogens with one attached hydrogen (secondary N) is 1. The van der Waals surface area contributed by atoms with Crippen LogP contribution in [0.2, 0.25) is 0 Å². The van der Waals surface area contributed by atoms with Crippen LogP contribution in [0.25, 0.3) is 11.3 Å². The largest absolute Gasteiger partial charge is 0.494 e. The van der Waals surface area contributed by atoms with Crippen LogP contribution in [0, 0.1) is 10.1 Å².